The molecule has 6 heteroatoms. The lowest BCUT2D eigenvalue weighted by molar-refractivity contribution is -0.141. The summed E-state index contributed by atoms with van der Waals surface area (Å²) < 4.78 is 0. The van der Waals surface area contributed by atoms with E-state index in [1.165, 1.54) is 4.90 Å². The second kappa shape index (κ2) is 6.21. The van der Waals surface area contributed by atoms with Gasteiger partial charge in [0, 0.05) is 25.2 Å². The summed E-state index contributed by atoms with van der Waals surface area (Å²) in [6.45, 7) is 1.71. The summed E-state index contributed by atoms with van der Waals surface area (Å²) in [7, 11) is 1.57. The van der Waals surface area contributed by atoms with Crippen molar-refractivity contribution in [3.05, 3.63) is 36.5 Å². The maximum atomic E-state index is 12.1. The van der Waals surface area contributed by atoms with Crippen molar-refractivity contribution in [2.45, 2.75) is 6.92 Å². The largest absolute Gasteiger partial charge is 0.481 e. The quantitative estimate of drug-likeness (QED) is 0.904. The molecule has 0 spiro atoms. The summed E-state index contributed by atoms with van der Waals surface area (Å²) in [4.78, 5) is 28.5. The molecule has 0 saturated carbocycles. The Morgan fingerprint density at radius 2 is 2.10 bits per heavy atom. The number of carboxylic acid groups (broad SMARTS) is 1. The van der Waals surface area contributed by atoms with Gasteiger partial charge in [0.25, 0.3) is 0 Å². The summed E-state index contributed by atoms with van der Waals surface area (Å²) in [6.07, 6.45) is 1.69. The standard InChI is InChI=1S/C15H17N3O3/c1-10(14(19)20)9-18(2)15(21)17-13-7-3-6-12-11(13)5-4-8-16-12/h3-8,10H,9H2,1-2H3,(H,17,21)(H,19,20). The molecule has 2 aromatic rings. The van der Waals surface area contributed by atoms with Crippen LogP contribution in [0.5, 0.6) is 0 Å². The van der Waals surface area contributed by atoms with Gasteiger partial charge in [0.1, 0.15) is 0 Å². The van der Waals surface area contributed by atoms with Gasteiger partial charge in [-0.3, -0.25) is 9.78 Å². The number of anilines is 1. The number of hydrogen-bond acceptors (Lipinski definition) is 3. The zero-order valence-corrected chi connectivity index (χ0v) is 11.9. The number of aromatic nitrogens is 1. The summed E-state index contributed by atoms with van der Waals surface area (Å²) in [5.41, 5.74) is 1.44. The number of amides is 2. The second-order valence-corrected chi connectivity index (χ2v) is 4.93. The topological polar surface area (TPSA) is 82.5 Å². The van der Waals surface area contributed by atoms with Gasteiger partial charge in [-0.2, -0.15) is 0 Å². The third-order valence-electron chi connectivity index (χ3n) is 3.20. The maximum absolute atomic E-state index is 12.1. The minimum atomic E-state index is -0.927. The van der Waals surface area contributed by atoms with E-state index < -0.39 is 11.9 Å². The Morgan fingerprint density at radius 3 is 2.81 bits per heavy atom. The van der Waals surface area contributed by atoms with Crippen molar-refractivity contribution in [1.29, 1.82) is 0 Å². The van der Waals surface area contributed by atoms with Gasteiger partial charge in [-0.15, -0.1) is 0 Å². The van der Waals surface area contributed by atoms with Crippen molar-refractivity contribution in [3.8, 4) is 0 Å². The molecule has 0 aliphatic rings. The van der Waals surface area contributed by atoms with Crippen molar-refractivity contribution >= 4 is 28.6 Å². The number of nitrogens with zero attached hydrogens (tertiary/aromatic N) is 2. The van der Waals surface area contributed by atoms with E-state index in [-0.39, 0.29) is 12.6 Å². The van der Waals surface area contributed by atoms with E-state index in [4.69, 9.17) is 5.11 Å². The summed E-state index contributed by atoms with van der Waals surface area (Å²) in [6, 6.07) is 8.79. The number of urea groups is 1. The number of benzene rings is 1. The third kappa shape index (κ3) is 3.47. The summed E-state index contributed by atoms with van der Waals surface area (Å²) in [5, 5.41) is 12.5. The Bertz CT molecular complexity index is 667. The normalized spacial score (nSPS) is 11.9. The van der Waals surface area contributed by atoms with Crippen molar-refractivity contribution in [1.82, 2.24) is 9.88 Å². The smallest absolute Gasteiger partial charge is 0.321 e. The first-order valence-corrected chi connectivity index (χ1v) is 6.57. The number of rotatable bonds is 4. The van der Waals surface area contributed by atoms with Crippen molar-refractivity contribution < 1.29 is 14.7 Å². The van der Waals surface area contributed by atoms with E-state index in [9.17, 15) is 9.59 Å². The van der Waals surface area contributed by atoms with Gasteiger partial charge in [-0.05, 0) is 24.3 Å². The van der Waals surface area contributed by atoms with Gasteiger partial charge < -0.3 is 15.3 Å². The van der Waals surface area contributed by atoms with Crippen LogP contribution in [0.25, 0.3) is 10.9 Å². The average molecular weight is 287 g/mol. The Hall–Kier alpha value is -2.63. The zero-order chi connectivity index (χ0) is 15.4. The molecule has 0 aliphatic heterocycles. The van der Waals surface area contributed by atoms with E-state index in [2.05, 4.69) is 10.3 Å². The van der Waals surface area contributed by atoms with E-state index in [0.717, 1.165) is 10.9 Å². The van der Waals surface area contributed by atoms with E-state index in [0.29, 0.717) is 5.69 Å². The highest BCUT2D eigenvalue weighted by atomic mass is 16.4. The molecule has 1 aromatic carbocycles. The lowest BCUT2D eigenvalue weighted by atomic mass is 10.1. The molecule has 6 nitrogen and oxygen atoms in total. The summed E-state index contributed by atoms with van der Waals surface area (Å²) in [5.74, 6) is -1.54. The maximum Gasteiger partial charge on any atom is 0.321 e. The Morgan fingerprint density at radius 1 is 1.33 bits per heavy atom. The van der Waals surface area contributed by atoms with Gasteiger partial charge in [0.2, 0.25) is 0 Å². The number of aliphatic carboxylic acids is 1. The fourth-order valence-electron chi connectivity index (χ4n) is 1.99. The first-order chi connectivity index (χ1) is 9.99. The molecule has 1 heterocycles. The number of hydrogen-bond donors (Lipinski definition) is 2. The molecular formula is C15H17N3O3. The van der Waals surface area contributed by atoms with Gasteiger partial charge in [-0.1, -0.05) is 13.0 Å². The van der Waals surface area contributed by atoms with Crippen molar-refractivity contribution in [2.75, 3.05) is 18.9 Å². The van der Waals surface area contributed by atoms with E-state index in [1.54, 1.807) is 32.3 Å². The average Bonchev–Trinajstić information content (AvgIpc) is 2.47. The molecule has 1 atom stereocenters. The van der Waals surface area contributed by atoms with Crippen LogP contribution in [-0.4, -0.2) is 40.6 Å². The fourth-order valence-corrected chi connectivity index (χ4v) is 1.99. The minimum absolute atomic E-state index is 0.143. The molecule has 2 rings (SSSR count). The second-order valence-electron chi connectivity index (χ2n) is 4.93. The van der Waals surface area contributed by atoms with Crippen LogP contribution < -0.4 is 5.32 Å². The fraction of sp³-hybridized carbons (Fsp3) is 0.267. The first-order valence-electron chi connectivity index (χ1n) is 6.57. The molecule has 0 saturated heterocycles. The molecule has 0 bridgehead atoms. The highest BCUT2D eigenvalue weighted by Crippen LogP contribution is 2.21. The number of carbonyl (C=O) groups is 2. The number of nitrogens with one attached hydrogen (secondary N) is 1. The zero-order valence-electron chi connectivity index (χ0n) is 11.9. The number of carbonyl (C=O) groups excluding carboxylic acids is 1. The number of pyridine rings is 1. The van der Waals surface area contributed by atoms with Crippen LogP contribution in [0.4, 0.5) is 10.5 Å². The van der Waals surface area contributed by atoms with Crippen LogP contribution in [0.15, 0.2) is 36.5 Å². The lowest BCUT2D eigenvalue weighted by Gasteiger charge is -2.20. The van der Waals surface area contributed by atoms with Crippen LogP contribution in [-0.2, 0) is 4.79 Å². The lowest BCUT2D eigenvalue weighted by Crippen LogP contribution is -2.36. The molecule has 2 amide bonds. The van der Waals surface area contributed by atoms with Crippen molar-refractivity contribution in [3.63, 3.8) is 0 Å². The van der Waals surface area contributed by atoms with Crippen LogP contribution >= 0.6 is 0 Å². The molecule has 21 heavy (non-hydrogen) atoms. The van der Waals surface area contributed by atoms with Gasteiger partial charge >= 0.3 is 12.0 Å². The predicted molar refractivity (Wildman–Crippen MR) is 80.2 cm³/mol. The molecule has 1 unspecified atom stereocenters. The molecule has 0 aliphatic carbocycles. The highest BCUT2D eigenvalue weighted by molar-refractivity contribution is 6.00. The van der Waals surface area contributed by atoms with Gasteiger partial charge in [0.15, 0.2) is 0 Å². The van der Waals surface area contributed by atoms with Crippen LogP contribution in [0.3, 0.4) is 0 Å². The molecule has 110 valence electrons. The SMILES string of the molecule is CC(CN(C)C(=O)Nc1cccc2ncccc12)C(=O)O. The van der Waals surface area contributed by atoms with Gasteiger partial charge in [-0.25, -0.2) is 4.79 Å². The third-order valence-corrected chi connectivity index (χ3v) is 3.20. The monoisotopic (exact) mass is 287 g/mol. The number of carboxylic acids is 1. The molecule has 2 N–H and O–H groups in total. The number of fused-ring (bicyclic) bond motifs is 1. The van der Waals surface area contributed by atoms with Crippen LogP contribution in [0.2, 0.25) is 0 Å². The van der Waals surface area contributed by atoms with Crippen molar-refractivity contribution in [2.24, 2.45) is 5.92 Å². The van der Waals surface area contributed by atoms with Crippen LogP contribution in [0, 0.1) is 5.92 Å². The molecular weight excluding hydrogens is 270 g/mol. The molecule has 0 radical (unpaired) electrons. The first kappa shape index (κ1) is 14.8. The predicted octanol–water partition coefficient (Wildman–Crippen LogP) is 2.42. The minimum Gasteiger partial charge on any atom is -0.481 e. The molecule has 1 aromatic heterocycles. The summed E-state index contributed by atoms with van der Waals surface area (Å²) >= 11 is 0. The molecule has 0 fully saturated rings. The van der Waals surface area contributed by atoms with E-state index in [1.807, 2.05) is 18.2 Å². The Labute approximate surface area is 122 Å². The Kier molecular flexibility index (Phi) is 4.37. The highest BCUT2D eigenvalue weighted by Gasteiger charge is 2.17. The van der Waals surface area contributed by atoms with E-state index >= 15 is 0 Å². The van der Waals surface area contributed by atoms with Crippen LogP contribution in [0.1, 0.15) is 6.92 Å². The van der Waals surface area contributed by atoms with Gasteiger partial charge in [0.05, 0.1) is 17.1 Å². The Balaban J connectivity index is 2.13.